The van der Waals surface area contributed by atoms with Crippen molar-refractivity contribution in [2.75, 3.05) is 11.4 Å². The summed E-state index contributed by atoms with van der Waals surface area (Å²) in [6, 6.07) is 15.7. The van der Waals surface area contributed by atoms with E-state index in [1.165, 1.54) is 6.42 Å². The molecule has 0 unspecified atom stereocenters. The van der Waals surface area contributed by atoms with Crippen LogP contribution in [-0.2, 0) is 15.0 Å². The lowest BCUT2D eigenvalue weighted by Gasteiger charge is -2.33. The number of carbonyl (C=O) groups is 2. The molecule has 0 saturated heterocycles. The second kappa shape index (κ2) is 9.42. The average Bonchev–Trinajstić information content (AvgIpc) is 2.78. The van der Waals surface area contributed by atoms with Crippen molar-refractivity contribution in [3.63, 3.8) is 0 Å². The third-order valence-corrected chi connectivity index (χ3v) is 6.65. The summed E-state index contributed by atoms with van der Waals surface area (Å²) < 4.78 is 6.03. The van der Waals surface area contributed by atoms with Crippen LogP contribution in [0.15, 0.2) is 54.3 Å². The van der Waals surface area contributed by atoms with E-state index in [0.29, 0.717) is 17.4 Å². The van der Waals surface area contributed by atoms with Gasteiger partial charge < -0.3 is 10.1 Å². The highest BCUT2D eigenvalue weighted by Gasteiger charge is 2.34. The Morgan fingerprint density at radius 2 is 1.85 bits per heavy atom. The maximum atomic E-state index is 13.5. The van der Waals surface area contributed by atoms with Gasteiger partial charge in [0.15, 0.2) is 11.5 Å². The van der Waals surface area contributed by atoms with E-state index < -0.39 is 0 Å². The molecule has 2 aromatic rings. The zero-order chi connectivity index (χ0) is 23.6. The van der Waals surface area contributed by atoms with E-state index in [1.807, 2.05) is 48.5 Å². The lowest BCUT2D eigenvalue weighted by Crippen LogP contribution is -2.48. The predicted molar refractivity (Wildman–Crippen MR) is 132 cm³/mol. The first-order chi connectivity index (χ1) is 15.7. The number of hydrogen-bond donors (Lipinski definition) is 1. The topological polar surface area (TPSA) is 58.6 Å². The van der Waals surface area contributed by atoms with Crippen LogP contribution in [0.4, 0.5) is 5.69 Å². The van der Waals surface area contributed by atoms with Gasteiger partial charge in [-0.1, -0.05) is 76.9 Å². The Morgan fingerprint density at radius 1 is 1.12 bits per heavy atom. The number of amides is 2. The van der Waals surface area contributed by atoms with Gasteiger partial charge in [-0.25, -0.2) is 0 Å². The third kappa shape index (κ3) is 5.29. The van der Waals surface area contributed by atoms with Crippen LogP contribution in [0.5, 0.6) is 5.75 Å². The molecule has 1 aliphatic heterocycles. The average molecular weight is 447 g/mol. The van der Waals surface area contributed by atoms with E-state index in [-0.39, 0.29) is 35.6 Å². The molecule has 1 N–H and O–H groups in total. The molecule has 33 heavy (non-hydrogen) atoms. The van der Waals surface area contributed by atoms with Gasteiger partial charge in [-0.15, -0.1) is 0 Å². The van der Waals surface area contributed by atoms with Crippen LogP contribution in [0, 0.1) is 5.92 Å². The molecule has 1 fully saturated rings. The molecule has 2 aliphatic rings. The van der Waals surface area contributed by atoms with Crippen LogP contribution in [0.1, 0.15) is 64.5 Å². The SMILES string of the molecule is C[C@@H]1CCCC[C@H]1NC(=O)CN1C(=O)/C(=C/c2ccccc2)Oc2ccc(C(C)(C)C)cc21. The molecule has 5 heteroatoms. The second-order valence-corrected chi connectivity index (χ2v) is 10.3. The zero-order valence-corrected chi connectivity index (χ0v) is 20.1. The van der Waals surface area contributed by atoms with E-state index in [2.05, 4.69) is 33.0 Å². The molecule has 2 amide bonds. The van der Waals surface area contributed by atoms with Crippen LogP contribution in [0.2, 0.25) is 0 Å². The fourth-order valence-corrected chi connectivity index (χ4v) is 4.56. The van der Waals surface area contributed by atoms with Crippen molar-refractivity contribution in [3.05, 3.63) is 65.4 Å². The molecule has 1 aliphatic carbocycles. The summed E-state index contributed by atoms with van der Waals surface area (Å²) in [6.07, 6.45) is 6.20. The highest BCUT2D eigenvalue weighted by atomic mass is 16.5. The standard InChI is InChI=1S/C28H34N2O3/c1-19-10-8-9-13-22(19)29-26(31)18-30-23-17-21(28(2,3)4)14-15-24(23)33-25(27(30)32)16-20-11-6-5-7-12-20/h5-7,11-12,14-17,19,22H,8-10,13,18H2,1-4H3,(H,29,31)/b25-16-/t19-,22-/m1/s1. The Hall–Kier alpha value is -3.08. The fourth-order valence-electron chi connectivity index (χ4n) is 4.56. The first kappa shape index (κ1) is 23.1. The maximum absolute atomic E-state index is 13.5. The summed E-state index contributed by atoms with van der Waals surface area (Å²) in [5.41, 5.74) is 2.50. The molecule has 1 heterocycles. The van der Waals surface area contributed by atoms with Gasteiger partial charge in [0, 0.05) is 6.04 Å². The van der Waals surface area contributed by atoms with Crippen LogP contribution in [0.3, 0.4) is 0 Å². The molecule has 0 radical (unpaired) electrons. The van der Waals surface area contributed by atoms with Gasteiger partial charge in [0.25, 0.3) is 5.91 Å². The predicted octanol–water partition coefficient (Wildman–Crippen LogP) is 5.45. The van der Waals surface area contributed by atoms with Crippen LogP contribution >= 0.6 is 0 Å². The largest absolute Gasteiger partial charge is 0.449 e. The molecule has 0 aromatic heterocycles. The van der Waals surface area contributed by atoms with Gasteiger partial charge in [0.2, 0.25) is 5.91 Å². The Labute approximate surface area is 196 Å². The number of anilines is 1. The lowest BCUT2D eigenvalue weighted by molar-refractivity contribution is -0.124. The van der Waals surface area contributed by atoms with Crippen molar-refractivity contribution in [2.45, 2.75) is 64.8 Å². The van der Waals surface area contributed by atoms with Crippen molar-refractivity contribution in [1.82, 2.24) is 5.32 Å². The molecule has 0 spiro atoms. The third-order valence-electron chi connectivity index (χ3n) is 6.65. The summed E-state index contributed by atoms with van der Waals surface area (Å²) in [6.45, 7) is 8.54. The number of ether oxygens (including phenoxy) is 1. The smallest absolute Gasteiger partial charge is 0.294 e. The van der Waals surface area contributed by atoms with E-state index in [4.69, 9.17) is 4.74 Å². The number of hydrogen-bond acceptors (Lipinski definition) is 3. The molecule has 2 aromatic carbocycles. The zero-order valence-electron chi connectivity index (χ0n) is 20.1. The molecule has 174 valence electrons. The summed E-state index contributed by atoms with van der Waals surface area (Å²) >= 11 is 0. The summed E-state index contributed by atoms with van der Waals surface area (Å²) in [5, 5.41) is 3.18. The minimum absolute atomic E-state index is 0.0296. The Bertz CT molecular complexity index is 1050. The van der Waals surface area contributed by atoms with Crippen molar-refractivity contribution in [3.8, 4) is 5.75 Å². The van der Waals surface area contributed by atoms with E-state index in [1.54, 1.807) is 11.0 Å². The molecule has 4 rings (SSSR count). The lowest BCUT2D eigenvalue weighted by atomic mass is 9.86. The second-order valence-electron chi connectivity index (χ2n) is 10.3. The Balaban J connectivity index is 1.65. The minimum atomic E-state index is -0.302. The molecule has 2 atom stereocenters. The van der Waals surface area contributed by atoms with Crippen LogP contribution in [0.25, 0.3) is 6.08 Å². The van der Waals surface area contributed by atoms with Crippen molar-refractivity contribution >= 4 is 23.6 Å². The fraction of sp³-hybridized carbons (Fsp3) is 0.429. The minimum Gasteiger partial charge on any atom is -0.449 e. The molecule has 5 nitrogen and oxygen atoms in total. The number of nitrogens with one attached hydrogen (secondary N) is 1. The van der Waals surface area contributed by atoms with Crippen molar-refractivity contribution in [2.24, 2.45) is 5.92 Å². The van der Waals surface area contributed by atoms with Crippen molar-refractivity contribution in [1.29, 1.82) is 0 Å². The normalized spacial score (nSPS) is 22.0. The number of benzene rings is 2. The summed E-state index contributed by atoms with van der Waals surface area (Å²) in [4.78, 5) is 28.1. The highest BCUT2D eigenvalue weighted by molar-refractivity contribution is 6.12. The van der Waals surface area contributed by atoms with E-state index in [0.717, 1.165) is 30.4 Å². The number of rotatable bonds is 4. The first-order valence-corrected chi connectivity index (χ1v) is 11.9. The Kier molecular flexibility index (Phi) is 6.59. The highest BCUT2D eigenvalue weighted by Crippen LogP contribution is 2.39. The summed E-state index contributed by atoms with van der Waals surface area (Å²) in [5.74, 6) is 0.829. The van der Waals surface area contributed by atoms with Crippen LogP contribution in [-0.4, -0.2) is 24.4 Å². The van der Waals surface area contributed by atoms with E-state index in [9.17, 15) is 9.59 Å². The summed E-state index contributed by atoms with van der Waals surface area (Å²) in [7, 11) is 0. The number of nitrogens with zero attached hydrogens (tertiary/aromatic N) is 1. The quantitative estimate of drug-likeness (QED) is 0.636. The number of carbonyl (C=O) groups excluding carboxylic acids is 2. The van der Waals surface area contributed by atoms with Gasteiger partial charge in [-0.05, 0) is 53.5 Å². The van der Waals surface area contributed by atoms with Gasteiger partial charge in [0.05, 0.1) is 5.69 Å². The van der Waals surface area contributed by atoms with Gasteiger partial charge >= 0.3 is 0 Å². The molecular formula is C28H34N2O3. The monoisotopic (exact) mass is 446 g/mol. The van der Waals surface area contributed by atoms with Gasteiger partial charge in [-0.2, -0.15) is 0 Å². The van der Waals surface area contributed by atoms with E-state index >= 15 is 0 Å². The molecule has 0 bridgehead atoms. The molecule has 1 saturated carbocycles. The van der Waals surface area contributed by atoms with Crippen LogP contribution < -0.4 is 15.0 Å². The molecular weight excluding hydrogens is 412 g/mol. The Morgan fingerprint density at radius 3 is 2.55 bits per heavy atom. The van der Waals surface area contributed by atoms with Gasteiger partial charge in [0.1, 0.15) is 6.54 Å². The number of fused-ring (bicyclic) bond motifs is 1. The van der Waals surface area contributed by atoms with Crippen molar-refractivity contribution < 1.29 is 14.3 Å². The maximum Gasteiger partial charge on any atom is 0.294 e. The first-order valence-electron chi connectivity index (χ1n) is 11.9. The van der Waals surface area contributed by atoms with Gasteiger partial charge in [-0.3, -0.25) is 14.5 Å².